The van der Waals surface area contributed by atoms with E-state index in [0.717, 1.165) is 27.7 Å². The van der Waals surface area contributed by atoms with Gasteiger partial charge in [0.25, 0.3) is 5.91 Å². The molecule has 2 rings (SSSR count). The monoisotopic (exact) mass is 338 g/mol. The maximum atomic E-state index is 12.6. The highest BCUT2D eigenvalue weighted by atomic mass is 79.9. The lowest BCUT2D eigenvalue weighted by molar-refractivity contribution is 0.0728. The van der Waals surface area contributed by atoms with E-state index in [1.165, 1.54) is 0 Å². The fourth-order valence-electron chi connectivity index (χ4n) is 2.59. The maximum Gasteiger partial charge on any atom is 0.254 e. The second kappa shape index (κ2) is 6.39. The summed E-state index contributed by atoms with van der Waals surface area (Å²) in [5.41, 5.74) is 2.52. The molecule has 1 aromatic carbocycles. The Hall–Kier alpha value is -1.36. The van der Waals surface area contributed by atoms with E-state index >= 15 is 0 Å². The summed E-state index contributed by atoms with van der Waals surface area (Å²) >= 11 is 3.41. The van der Waals surface area contributed by atoms with Gasteiger partial charge in [-0.2, -0.15) is 0 Å². The summed E-state index contributed by atoms with van der Waals surface area (Å²) in [5, 5.41) is 12.4. The molecule has 108 valence electrons. The minimum atomic E-state index is 0.0549. The van der Waals surface area contributed by atoms with Gasteiger partial charge in [0, 0.05) is 35.5 Å². The van der Waals surface area contributed by atoms with Crippen LogP contribution in [0.15, 0.2) is 27.8 Å². The summed E-state index contributed by atoms with van der Waals surface area (Å²) < 4.78 is 0.910. The highest BCUT2D eigenvalue weighted by Gasteiger charge is 2.28. The molecule has 0 aliphatic carbocycles. The van der Waals surface area contributed by atoms with Crippen molar-refractivity contribution in [2.45, 2.75) is 26.7 Å². The van der Waals surface area contributed by atoms with Crippen LogP contribution in [0.25, 0.3) is 0 Å². The Balaban J connectivity index is 2.20. The third-order valence-electron chi connectivity index (χ3n) is 3.89. The van der Waals surface area contributed by atoms with Crippen LogP contribution in [-0.4, -0.2) is 34.8 Å². The van der Waals surface area contributed by atoms with Crippen LogP contribution in [0.1, 0.15) is 35.7 Å². The predicted molar refractivity (Wildman–Crippen MR) is 82.4 cm³/mol. The number of aryl methyl sites for hydroxylation is 1. The lowest BCUT2D eigenvalue weighted by atomic mass is 9.92. The third kappa shape index (κ3) is 3.03. The molecule has 1 amide bonds. The largest absolute Gasteiger partial charge is 0.411 e. The fraction of sp³-hybridized carbons (Fsp3) is 0.467. The maximum absolute atomic E-state index is 12.6. The molecule has 1 saturated heterocycles. The lowest BCUT2D eigenvalue weighted by Gasteiger charge is -2.33. The lowest BCUT2D eigenvalue weighted by Crippen LogP contribution is -2.44. The average Bonchev–Trinajstić information content (AvgIpc) is 2.48. The molecule has 0 aromatic heterocycles. The standard InChI is InChI=1S/C15H19BrN2O2/c1-3-11-9-18(7-6-14(11)17-20)15(19)13-8-12(16)5-4-10(13)2/h4-5,8,11,20H,3,6-7,9H2,1-2H3/b17-14+. The van der Waals surface area contributed by atoms with Gasteiger partial charge in [-0.3, -0.25) is 4.79 Å². The van der Waals surface area contributed by atoms with Crippen LogP contribution in [0.4, 0.5) is 0 Å². The fourth-order valence-corrected chi connectivity index (χ4v) is 2.95. The molecule has 1 aliphatic rings. The number of likely N-dealkylation sites (tertiary alicyclic amines) is 1. The van der Waals surface area contributed by atoms with E-state index in [1.54, 1.807) is 0 Å². The molecular weight excluding hydrogens is 320 g/mol. The van der Waals surface area contributed by atoms with Gasteiger partial charge in [0.05, 0.1) is 5.71 Å². The normalized spacial score (nSPS) is 21.2. The summed E-state index contributed by atoms with van der Waals surface area (Å²) in [6.45, 7) is 5.23. The van der Waals surface area contributed by atoms with Crippen molar-refractivity contribution < 1.29 is 10.0 Å². The van der Waals surface area contributed by atoms with Gasteiger partial charge in [-0.15, -0.1) is 0 Å². The topological polar surface area (TPSA) is 52.9 Å². The average molecular weight is 339 g/mol. The molecular formula is C15H19BrN2O2. The summed E-state index contributed by atoms with van der Waals surface area (Å²) in [6.07, 6.45) is 1.52. The van der Waals surface area contributed by atoms with Gasteiger partial charge in [-0.05, 0) is 31.0 Å². The van der Waals surface area contributed by atoms with Crippen LogP contribution in [0.2, 0.25) is 0 Å². The summed E-state index contributed by atoms with van der Waals surface area (Å²) in [6, 6.07) is 5.75. The summed E-state index contributed by atoms with van der Waals surface area (Å²) in [4.78, 5) is 14.5. The molecule has 1 aromatic rings. The number of oxime groups is 1. The van der Waals surface area contributed by atoms with Gasteiger partial charge < -0.3 is 10.1 Å². The third-order valence-corrected chi connectivity index (χ3v) is 4.38. The molecule has 5 heteroatoms. The molecule has 20 heavy (non-hydrogen) atoms. The highest BCUT2D eigenvalue weighted by molar-refractivity contribution is 9.10. The van der Waals surface area contributed by atoms with Gasteiger partial charge in [0.2, 0.25) is 0 Å². The number of piperidine rings is 1. The summed E-state index contributed by atoms with van der Waals surface area (Å²) in [5.74, 6) is 0.212. The quantitative estimate of drug-likeness (QED) is 0.663. The Bertz CT molecular complexity index is 543. The smallest absolute Gasteiger partial charge is 0.254 e. The van der Waals surface area contributed by atoms with Crippen molar-refractivity contribution >= 4 is 27.5 Å². The second-order valence-electron chi connectivity index (χ2n) is 5.16. The highest BCUT2D eigenvalue weighted by Crippen LogP contribution is 2.22. The Kier molecular flexibility index (Phi) is 4.81. The van der Waals surface area contributed by atoms with Crippen LogP contribution in [0.3, 0.4) is 0 Å². The Morgan fingerprint density at radius 1 is 1.55 bits per heavy atom. The van der Waals surface area contributed by atoms with E-state index in [-0.39, 0.29) is 11.8 Å². The van der Waals surface area contributed by atoms with Crippen molar-refractivity contribution in [1.29, 1.82) is 0 Å². The second-order valence-corrected chi connectivity index (χ2v) is 6.07. The Morgan fingerprint density at radius 3 is 2.95 bits per heavy atom. The van der Waals surface area contributed by atoms with Gasteiger partial charge >= 0.3 is 0 Å². The van der Waals surface area contributed by atoms with E-state index in [0.29, 0.717) is 19.5 Å². The van der Waals surface area contributed by atoms with Crippen LogP contribution in [-0.2, 0) is 0 Å². The number of carbonyl (C=O) groups excluding carboxylic acids is 1. The number of rotatable bonds is 2. The van der Waals surface area contributed by atoms with E-state index in [9.17, 15) is 4.79 Å². The van der Waals surface area contributed by atoms with Crippen molar-refractivity contribution in [1.82, 2.24) is 4.90 Å². The number of amides is 1. The first-order valence-corrected chi connectivity index (χ1v) is 7.62. The minimum Gasteiger partial charge on any atom is -0.411 e. The van der Waals surface area contributed by atoms with Crippen LogP contribution >= 0.6 is 15.9 Å². The van der Waals surface area contributed by atoms with Crippen LogP contribution in [0, 0.1) is 12.8 Å². The Labute approximate surface area is 127 Å². The molecule has 1 heterocycles. The van der Waals surface area contributed by atoms with Gasteiger partial charge in [0.1, 0.15) is 0 Å². The van der Waals surface area contributed by atoms with Crippen molar-refractivity contribution in [3.63, 3.8) is 0 Å². The van der Waals surface area contributed by atoms with E-state index in [2.05, 4.69) is 21.1 Å². The van der Waals surface area contributed by atoms with E-state index < -0.39 is 0 Å². The molecule has 1 atom stereocenters. The van der Waals surface area contributed by atoms with Gasteiger partial charge in [-0.25, -0.2) is 0 Å². The Morgan fingerprint density at radius 2 is 2.30 bits per heavy atom. The molecule has 1 N–H and O–H groups in total. The molecule has 1 aliphatic heterocycles. The number of hydrogen-bond acceptors (Lipinski definition) is 3. The minimum absolute atomic E-state index is 0.0549. The molecule has 0 spiro atoms. The van der Waals surface area contributed by atoms with Crippen molar-refractivity contribution in [2.75, 3.05) is 13.1 Å². The molecule has 0 saturated carbocycles. The SMILES string of the molecule is CCC1CN(C(=O)c2cc(Br)ccc2C)CC/C1=N\O. The van der Waals surface area contributed by atoms with Gasteiger partial charge in [-0.1, -0.05) is 34.1 Å². The molecule has 1 fully saturated rings. The predicted octanol–water partition coefficient (Wildman–Crippen LogP) is 3.46. The zero-order valence-corrected chi connectivity index (χ0v) is 13.4. The molecule has 0 radical (unpaired) electrons. The number of hydrogen-bond donors (Lipinski definition) is 1. The number of benzene rings is 1. The molecule has 0 bridgehead atoms. The van der Waals surface area contributed by atoms with Crippen molar-refractivity contribution in [3.8, 4) is 0 Å². The van der Waals surface area contributed by atoms with Gasteiger partial charge in [0.15, 0.2) is 0 Å². The molecule has 4 nitrogen and oxygen atoms in total. The number of nitrogens with zero attached hydrogens (tertiary/aromatic N) is 2. The first-order chi connectivity index (χ1) is 9.56. The zero-order chi connectivity index (χ0) is 14.7. The number of halogens is 1. The summed E-state index contributed by atoms with van der Waals surface area (Å²) in [7, 11) is 0. The van der Waals surface area contributed by atoms with Crippen molar-refractivity contribution in [2.24, 2.45) is 11.1 Å². The molecule has 1 unspecified atom stereocenters. The zero-order valence-electron chi connectivity index (χ0n) is 11.8. The van der Waals surface area contributed by atoms with Crippen LogP contribution in [0.5, 0.6) is 0 Å². The van der Waals surface area contributed by atoms with Crippen LogP contribution < -0.4 is 0 Å². The van der Waals surface area contributed by atoms with Crippen molar-refractivity contribution in [3.05, 3.63) is 33.8 Å². The van der Waals surface area contributed by atoms with E-state index in [4.69, 9.17) is 5.21 Å². The first-order valence-electron chi connectivity index (χ1n) is 6.83. The first kappa shape index (κ1) is 15.0. The van der Waals surface area contributed by atoms with E-state index in [1.807, 2.05) is 36.9 Å². The number of carbonyl (C=O) groups is 1.